The van der Waals surface area contributed by atoms with Crippen molar-refractivity contribution in [1.82, 2.24) is 9.78 Å². The molecule has 0 aliphatic carbocycles. The van der Waals surface area contributed by atoms with Gasteiger partial charge in [0.1, 0.15) is 23.7 Å². The molecule has 0 bridgehead atoms. The van der Waals surface area contributed by atoms with Gasteiger partial charge in [0.05, 0.1) is 38.3 Å². The molecular weight excluding hydrogens is 529 g/mol. The van der Waals surface area contributed by atoms with Gasteiger partial charge in [-0.1, -0.05) is 0 Å². The summed E-state index contributed by atoms with van der Waals surface area (Å²) in [6.07, 6.45) is -2.54. The van der Waals surface area contributed by atoms with Crippen LogP contribution in [0.1, 0.15) is 24.0 Å². The largest absolute Gasteiger partial charge is 0.497 e. The molecule has 0 saturated carbocycles. The number of hydrogen-bond donors (Lipinski definition) is 0. The number of methoxy groups -OCH3 is 3. The van der Waals surface area contributed by atoms with E-state index in [0.717, 1.165) is 23.6 Å². The molecule has 5 rings (SSSR count). The number of carbonyl (C=O) groups is 1. The van der Waals surface area contributed by atoms with E-state index in [1.165, 1.54) is 38.4 Å². The van der Waals surface area contributed by atoms with E-state index in [1.54, 1.807) is 18.2 Å². The van der Waals surface area contributed by atoms with Crippen molar-refractivity contribution in [3.63, 3.8) is 0 Å². The standard InChI is InChI=1S/C28H29F3N4O5/c1-38-19-12-17(13-20(15-19)39-2)25-21-8-11-34(16-24(36)40-3)26(21)27(37)35(32-25)23-14-18(33-9-4-5-10-33)6-7-22(23)28(29,30)31/h6-7,12-15H,4-5,8-11,16H2,1-3H3. The van der Waals surface area contributed by atoms with Crippen LogP contribution in [0.3, 0.4) is 0 Å². The second-order valence-corrected chi connectivity index (χ2v) is 9.64. The maximum Gasteiger partial charge on any atom is 0.418 e. The SMILES string of the molecule is COC(=O)CN1CCc2c(-c3cc(OC)cc(OC)c3)nn(-c3cc(N4CCCC4)ccc3C(F)(F)F)c(=O)c21. The van der Waals surface area contributed by atoms with Crippen molar-refractivity contribution in [3.05, 3.63) is 57.9 Å². The number of aromatic nitrogens is 2. The lowest BCUT2D eigenvalue weighted by Crippen LogP contribution is -2.35. The van der Waals surface area contributed by atoms with Gasteiger partial charge >= 0.3 is 12.1 Å². The first-order valence-corrected chi connectivity index (χ1v) is 12.8. The van der Waals surface area contributed by atoms with Crippen molar-refractivity contribution in [3.8, 4) is 28.4 Å². The number of benzene rings is 2. The van der Waals surface area contributed by atoms with Crippen LogP contribution in [0, 0.1) is 0 Å². The van der Waals surface area contributed by atoms with Crippen LogP contribution >= 0.6 is 0 Å². The Kier molecular flexibility index (Phi) is 7.35. The summed E-state index contributed by atoms with van der Waals surface area (Å²) in [5.41, 5.74) is -0.141. The summed E-state index contributed by atoms with van der Waals surface area (Å²) in [5.74, 6) is 0.311. The van der Waals surface area contributed by atoms with Crippen LogP contribution in [-0.4, -0.2) is 63.3 Å². The number of hydrogen-bond acceptors (Lipinski definition) is 8. The van der Waals surface area contributed by atoms with Gasteiger partial charge in [0.15, 0.2) is 0 Å². The van der Waals surface area contributed by atoms with Crippen molar-refractivity contribution in [2.24, 2.45) is 0 Å². The Morgan fingerprint density at radius 2 is 1.65 bits per heavy atom. The van der Waals surface area contributed by atoms with E-state index in [2.05, 4.69) is 5.10 Å². The summed E-state index contributed by atoms with van der Waals surface area (Å²) < 4.78 is 59.3. The zero-order valence-electron chi connectivity index (χ0n) is 22.4. The Morgan fingerprint density at radius 1 is 0.975 bits per heavy atom. The highest BCUT2D eigenvalue weighted by Gasteiger charge is 2.37. The van der Waals surface area contributed by atoms with Crippen molar-refractivity contribution in [2.75, 3.05) is 57.3 Å². The van der Waals surface area contributed by atoms with Crippen LogP contribution in [-0.2, 0) is 22.1 Å². The van der Waals surface area contributed by atoms with E-state index in [9.17, 15) is 22.8 Å². The molecular formula is C28H29F3N4O5. The smallest absolute Gasteiger partial charge is 0.418 e. The molecule has 0 atom stereocenters. The minimum absolute atomic E-state index is 0.108. The number of esters is 1. The molecule has 2 aliphatic rings. The lowest BCUT2D eigenvalue weighted by molar-refractivity contribution is -0.139. The second-order valence-electron chi connectivity index (χ2n) is 9.64. The molecule has 12 heteroatoms. The summed E-state index contributed by atoms with van der Waals surface area (Å²) in [6, 6.07) is 8.79. The van der Waals surface area contributed by atoms with Gasteiger partial charge < -0.3 is 24.0 Å². The molecule has 1 saturated heterocycles. The molecule has 2 aliphatic heterocycles. The molecule has 9 nitrogen and oxygen atoms in total. The maximum absolute atomic E-state index is 14.3. The van der Waals surface area contributed by atoms with Gasteiger partial charge in [-0.2, -0.15) is 23.0 Å². The number of ether oxygens (including phenoxy) is 3. The van der Waals surface area contributed by atoms with E-state index in [1.807, 2.05) is 4.90 Å². The van der Waals surface area contributed by atoms with Gasteiger partial charge in [-0.05, 0) is 49.6 Å². The third-order valence-electron chi connectivity index (χ3n) is 7.27. The van der Waals surface area contributed by atoms with Crippen LogP contribution in [0.25, 0.3) is 16.9 Å². The Bertz CT molecular complexity index is 1480. The number of nitrogens with zero attached hydrogens (tertiary/aromatic N) is 4. The second kappa shape index (κ2) is 10.7. The van der Waals surface area contributed by atoms with Gasteiger partial charge in [0.2, 0.25) is 0 Å². The molecule has 3 heterocycles. The molecule has 0 amide bonds. The van der Waals surface area contributed by atoms with E-state index in [4.69, 9.17) is 14.2 Å². The third-order valence-corrected chi connectivity index (χ3v) is 7.27. The molecule has 3 aromatic rings. The highest BCUT2D eigenvalue weighted by Crippen LogP contribution is 2.39. The van der Waals surface area contributed by atoms with Gasteiger partial charge in [0, 0.05) is 42.5 Å². The zero-order chi connectivity index (χ0) is 28.6. The Balaban J connectivity index is 1.80. The van der Waals surface area contributed by atoms with E-state index in [0.29, 0.717) is 60.1 Å². The van der Waals surface area contributed by atoms with E-state index < -0.39 is 23.3 Å². The van der Waals surface area contributed by atoms with Gasteiger partial charge in [-0.25, -0.2) is 0 Å². The fraction of sp³-hybridized carbons (Fsp3) is 0.393. The molecule has 40 heavy (non-hydrogen) atoms. The third kappa shape index (κ3) is 5.05. The van der Waals surface area contributed by atoms with Crippen molar-refractivity contribution < 1.29 is 32.2 Å². The quantitative estimate of drug-likeness (QED) is 0.402. The van der Waals surface area contributed by atoms with Gasteiger partial charge in [-0.3, -0.25) is 9.59 Å². The lowest BCUT2D eigenvalue weighted by Gasteiger charge is -2.23. The molecule has 0 unspecified atom stereocenters. The summed E-state index contributed by atoms with van der Waals surface area (Å²) in [5, 5.41) is 4.54. The first-order valence-electron chi connectivity index (χ1n) is 12.8. The maximum atomic E-state index is 14.3. The summed E-state index contributed by atoms with van der Waals surface area (Å²) in [7, 11) is 4.20. The number of halogens is 3. The summed E-state index contributed by atoms with van der Waals surface area (Å²) >= 11 is 0. The molecule has 2 aromatic carbocycles. The van der Waals surface area contributed by atoms with Crippen molar-refractivity contribution in [1.29, 1.82) is 0 Å². The van der Waals surface area contributed by atoms with E-state index >= 15 is 0 Å². The molecule has 212 valence electrons. The molecule has 0 N–H and O–H groups in total. The van der Waals surface area contributed by atoms with E-state index in [-0.39, 0.29) is 17.9 Å². The van der Waals surface area contributed by atoms with Crippen LogP contribution < -0.4 is 24.8 Å². The topological polar surface area (TPSA) is 86.1 Å². The Hall–Kier alpha value is -4.22. The van der Waals surface area contributed by atoms with Crippen LogP contribution in [0.2, 0.25) is 0 Å². The average Bonchev–Trinajstić information content (AvgIpc) is 3.63. The Labute approximate surface area is 228 Å². The number of alkyl halides is 3. The number of anilines is 2. The first kappa shape index (κ1) is 27.4. The highest BCUT2D eigenvalue weighted by atomic mass is 19.4. The van der Waals surface area contributed by atoms with Gasteiger partial charge in [0.25, 0.3) is 5.56 Å². The van der Waals surface area contributed by atoms with Crippen LogP contribution in [0.5, 0.6) is 11.5 Å². The van der Waals surface area contributed by atoms with Gasteiger partial charge in [-0.15, -0.1) is 0 Å². The number of rotatable bonds is 7. The number of fused-ring (bicyclic) bond motifs is 1. The number of carbonyl (C=O) groups excluding carboxylic acids is 1. The predicted molar refractivity (Wildman–Crippen MR) is 143 cm³/mol. The average molecular weight is 559 g/mol. The molecule has 0 spiro atoms. The lowest BCUT2D eigenvalue weighted by atomic mass is 10.0. The van der Waals surface area contributed by atoms with Crippen molar-refractivity contribution in [2.45, 2.75) is 25.4 Å². The first-order chi connectivity index (χ1) is 19.1. The monoisotopic (exact) mass is 558 g/mol. The minimum Gasteiger partial charge on any atom is -0.497 e. The molecule has 1 fully saturated rings. The van der Waals surface area contributed by atoms with Crippen LogP contribution in [0.4, 0.5) is 24.5 Å². The molecule has 0 radical (unpaired) electrons. The summed E-state index contributed by atoms with van der Waals surface area (Å²) in [6.45, 7) is 1.47. The predicted octanol–water partition coefficient (Wildman–Crippen LogP) is 4.07. The fourth-order valence-electron chi connectivity index (χ4n) is 5.29. The zero-order valence-corrected chi connectivity index (χ0v) is 22.4. The summed E-state index contributed by atoms with van der Waals surface area (Å²) in [4.78, 5) is 29.6. The van der Waals surface area contributed by atoms with Crippen LogP contribution in [0.15, 0.2) is 41.2 Å². The highest BCUT2D eigenvalue weighted by molar-refractivity contribution is 5.80. The van der Waals surface area contributed by atoms with Crippen molar-refractivity contribution >= 4 is 17.3 Å². The fourth-order valence-corrected chi connectivity index (χ4v) is 5.29. The minimum atomic E-state index is -4.75. The normalized spacial score (nSPS) is 14.8. The Morgan fingerprint density at radius 3 is 2.25 bits per heavy atom. The molecule has 1 aromatic heterocycles.